The molecule has 160 valence electrons. The minimum absolute atomic E-state index is 0.0222. The van der Waals surface area contributed by atoms with Crippen LogP contribution in [-0.4, -0.2) is 19.0 Å². The van der Waals surface area contributed by atoms with E-state index in [4.69, 9.17) is 9.47 Å². The lowest BCUT2D eigenvalue weighted by atomic mass is 9.87. The third kappa shape index (κ3) is 5.72. The average molecular weight is 418 g/mol. The zero-order valence-electron chi connectivity index (χ0n) is 18.2. The van der Waals surface area contributed by atoms with Gasteiger partial charge in [0.05, 0.1) is 12.7 Å². The van der Waals surface area contributed by atoms with Gasteiger partial charge < -0.3 is 14.8 Å². The summed E-state index contributed by atoms with van der Waals surface area (Å²) in [7, 11) is 1.56. The van der Waals surface area contributed by atoms with Gasteiger partial charge in [0.25, 0.3) is 5.91 Å². The first-order chi connectivity index (χ1) is 14.8. The van der Waals surface area contributed by atoms with Crippen LogP contribution < -0.4 is 10.1 Å². The Balaban J connectivity index is 1.82. The first-order valence-electron chi connectivity index (χ1n) is 10.1. The number of methoxy groups -OCH3 is 1. The van der Waals surface area contributed by atoms with Gasteiger partial charge in [0.15, 0.2) is 0 Å². The van der Waals surface area contributed by atoms with Gasteiger partial charge in [0, 0.05) is 17.3 Å². The Bertz CT molecular complexity index is 1040. The normalized spacial score (nSPS) is 12.0. The molecule has 5 heteroatoms. The van der Waals surface area contributed by atoms with Crippen LogP contribution >= 0.6 is 0 Å². The third-order valence-corrected chi connectivity index (χ3v) is 4.89. The van der Waals surface area contributed by atoms with E-state index in [0.717, 1.165) is 5.56 Å². The standard InChI is InChI=1S/C26H27NO4/c1-26(2,3)20-15-13-19(14-16-20)25(29)31-23(18-9-6-5-7-10-18)24(28)27-21-11-8-12-22(17-21)30-4/h5-17,23H,1-4H3,(H,27,28)/t23-/m0/s1. The molecule has 0 saturated carbocycles. The second-order valence-corrected chi connectivity index (χ2v) is 8.24. The summed E-state index contributed by atoms with van der Waals surface area (Å²) >= 11 is 0. The Morgan fingerprint density at radius 2 is 1.55 bits per heavy atom. The molecule has 0 aliphatic heterocycles. The molecule has 0 aromatic heterocycles. The van der Waals surface area contributed by atoms with Gasteiger partial charge in [-0.3, -0.25) is 4.79 Å². The number of rotatable bonds is 6. The van der Waals surface area contributed by atoms with E-state index in [1.807, 2.05) is 18.2 Å². The topological polar surface area (TPSA) is 64.6 Å². The summed E-state index contributed by atoms with van der Waals surface area (Å²) in [6.45, 7) is 6.32. The minimum atomic E-state index is -1.10. The summed E-state index contributed by atoms with van der Waals surface area (Å²) in [4.78, 5) is 25.9. The van der Waals surface area contributed by atoms with Crippen molar-refractivity contribution in [3.8, 4) is 5.75 Å². The number of hydrogen-bond donors (Lipinski definition) is 1. The van der Waals surface area contributed by atoms with Crippen molar-refractivity contribution in [2.45, 2.75) is 32.3 Å². The van der Waals surface area contributed by atoms with Crippen LogP contribution in [0.4, 0.5) is 5.69 Å². The number of carbonyl (C=O) groups excluding carboxylic acids is 2. The molecule has 0 aliphatic carbocycles. The fourth-order valence-corrected chi connectivity index (χ4v) is 3.09. The number of nitrogens with one attached hydrogen (secondary N) is 1. The van der Waals surface area contributed by atoms with Crippen LogP contribution in [0.25, 0.3) is 0 Å². The zero-order valence-corrected chi connectivity index (χ0v) is 18.2. The number of anilines is 1. The summed E-state index contributed by atoms with van der Waals surface area (Å²) in [5.74, 6) is -0.390. The molecule has 0 aliphatic rings. The van der Waals surface area contributed by atoms with E-state index in [0.29, 0.717) is 22.6 Å². The number of benzene rings is 3. The van der Waals surface area contributed by atoms with Crippen LogP contribution in [-0.2, 0) is 14.9 Å². The Morgan fingerprint density at radius 3 is 2.16 bits per heavy atom. The highest BCUT2D eigenvalue weighted by Gasteiger charge is 2.26. The summed E-state index contributed by atoms with van der Waals surface area (Å²) in [5.41, 5.74) is 2.62. The summed E-state index contributed by atoms with van der Waals surface area (Å²) < 4.78 is 10.9. The van der Waals surface area contributed by atoms with E-state index in [2.05, 4.69) is 26.1 Å². The molecule has 3 aromatic rings. The van der Waals surface area contributed by atoms with E-state index in [9.17, 15) is 9.59 Å². The van der Waals surface area contributed by atoms with Crippen LogP contribution in [0.5, 0.6) is 5.75 Å². The van der Waals surface area contributed by atoms with Gasteiger partial charge in [-0.05, 0) is 35.2 Å². The summed E-state index contributed by atoms with van der Waals surface area (Å²) in [5, 5.41) is 2.80. The maximum atomic E-state index is 13.0. The SMILES string of the molecule is COc1cccc(NC(=O)[C@@H](OC(=O)c2ccc(C(C)(C)C)cc2)c2ccccc2)c1. The first-order valence-corrected chi connectivity index (χ1v) is 10.1. The molecule has 0 saturated heterocycles. The minimum Gasteiger partial charge on any atom is -0.497 e. The van der Waals surface area contributed by atoms with Crippen molar-refractivity contribution in [3.05, 3.63) is 95.6 Å². The molecule has 1 amide bonds. The number of carbonyl (C=O) groups is 2. The van der Waals surface area contributed by atoms with Crippen molar-refractivity contribution in [1.29, 1.82) is 0 Å². The van der Waals surface area contributed by atoms with Crippen molar-refractivity contribution >= 4 is 17.6 Å². The molecule has 0 fully saturated rings. The molecule has 5 nitrogen and oxygen atoms in total. The van der Waals surface area contributed by atoms with Gasteiger partial charge in [-0.15, -0.1) is 0 Å². The molecule has 0 heterocycles. The van der Waals surface area contributed by atoms with Gasteiger partial charge in [-0.25, -0.2) is 4.79 Å². The maximum Gasteiger partial charge on any atom is 0.339 e. The number of amides is 1. The Labute approximate surface area is 183 Å². The van der Waals surface area contributed by atoms with Crippen LogP contribution in [0.2, 0.25) is 0 Å². The molecule has 0 bridgehead atoms. The van der Waals surface area contributed by atoms with E-state index in [1.54, 1.807) is 67.8 Å². The number of esters is 1. The molecule has 1 N–H and O–H groups in total. The van der Waals surface area contributed by atoms with Crippen molar-refractivity contribution in [1.82, 2.24) is 0 Å². The predicted octanol–water partition coefficient (Wildman–Crippen LogP) is 5.53. The summed E-state index contributed by atoms with van der Waals surface area (Å²) in [6.07, 6.45) is -1.10. The lowest BCUT2D eigenvalue weighted by Crippen LogP contribution is -2.26. The lowest BCUT2D eigenvalue weighted by Gasteiger charge is -2.20. The highest BCUT2D eigenvalue weighted by molar-refractivity contribution is 5.98. The van der Waals surface area contributed by atoms with Gasteiger partial charge in [-0.2, -0.15) is 0 Å². The molecular weight excluding hydrogens is 390 g/mol. The Hall–Kier alpha value is -3.60. The predicted molar refractivity (Wildman–Crippen MR) is 121 cm³/mol. The van der Waals surface area contributed by atoms with E-state index >= 15 is 0 Å². The highest BCUT2D eigenvalue weighted by Crippen LogP contribution is 2.25. The molecule has 0 radical (unpaired) electrons. The second-order valence-electron chi connectivity index (χ2n) is 8.24. The van der Waals surface area contributed by atoms with Crippen LogP contribution in [0.1, 0.15) is 48.4 Å². The third-order valence-electron chi connectivity index (χ3n) is 4.89. The largest absolute Gasteiger partial charge is 0.497 e. The van der Waals surface area contributed by atoms with Crippen LogP contribution in [0.15, 0.2) is 78.9 Å². The van der Waals surface area contributed by atoms with Gasteiger partial charge in [0.2, 0.25) is 6.10 Å². The van der Waals surface area contributed by atoms with E-state index in [1.165, 1.54) is 0 Å². The second kappa shape index (κ2) is 9.47. The quantitative estimate of drug-likeness (QED) is 0.536. The molecule has 1 atom stereocenters. The lowest BCUT2D eigenvalue weighted by molar-refractivity contribution is -0.125. The van der Waals surface area contributed by atoms with Crippen molar-refractivity contribution < 1.29 is 19.1 Å². The molecular formula is C26H27NO4. The number of hydrogen-bond acceptors (Lipinski definition) is 4. The van der Waals surface area contributed by atoms with E-state index < -0.39 is 18.0 Å². The first kappa shape index (κ1) is 22.1. The zero-order chi connectivity index (χ0) is 22.4. The number of ether oxygens (including phenoxy) is 2. The smallest absolute Gasteiger partial charge is 0.339 e. The van der Waals surface area contributed by atoms with Crippen LogP contribution in [0, 0.1) is 0 Å². The van der Waals surface area contributed by atoms with Gasteiger partial charge in [-0.1, -0.05) is 69.3 Å². The Kier molecular flexibility index (Phi) is 6.75. The van der Waals surface area contributed by atoms with Gasteiger partial charge >= 0.3 is 5.97 Å². The van der Waals surface area contributed by atoms with Crippen molar-refractivity contribution in [3.63, 3.8) is 0 Å². The maximum absolute atomic E-state index is 13.0. The summed E-state index contributed by atoms with van der Waals surface area (Å²) in [6, 6.07) is 23.2. The van der Waals surface area contributed by atoms with Crippen molar-refractivity contribution in [2.75, 3.05) is 12.4 Å². The molecule has 0 unspecified atom stereocenters. The molecule has 3 rings (SSSR count). The van der Waals surface area contributed by atoms with Crippen LogP contribution in [0.3, 0.4) is 0 Å². The average Bonchev–Trinajstić information content (AvgIpc) is 2.77. The van der Waals surface area contributed by atoms with Crippen molar-refractivity contribution in [2.24, 2.45) is 0 Å². The Morgan fingerprint density at radius 1 is 0.871 bits per heavy atom. The highest BCUT2D eigenvalue weighted by atomic mass is 16.5. The molecule has 0 spiro atoms. The fraction of sp³-hybridized carbons (Fsp3) is 0.231. The molecule has 31 heavy (non-hydrogen) atoms. The van der Waals surface area contributed by atoms with E-state index in [-0.39, 0.29) is 5.41 Å². The van der Waals surface area contributed by atoms with Gasteiger partial charge in [0.1, 0.15) is 5.75 Å². The molecule has 3 aromatic carbocycles. The monoisotopic (exact) mass is 417 g/mol. The fourth-order valence-electron chi connectivity index (χ4n) is 3.09.